The van der Waals surface area contributed by atoms with Crippen molar-refractivity contribution in [2.75, 3.05) is 39.0 Å². The van der Waals surface area contributed by atoms with Crippen LogP contribution < -0.4 is 10.9 Å². The Labute approximate surface area is 152 Å². The molecule has 1 aliphatic heterocycles. The summed E-state index contributed by atoms with van der Waals surface area (Å²) in [6.45, 7) is 1.91. The van der Waals surface area contributed by atoms with Gasteiger partial charge in [0.1, 0.15) is 5.69 Å². The second kappa shape index (κ2) is 7.97. The molecule has 0 aromatic carbocycles. The molecule has 0 spiro atoms. The first-order chi connectivity index (χ1) is 12.5. The zero-order valence-electron chi connectivity index (χ0n) is 15.0. The topological polar surface area (TPSA) is 81.3 Å². The molecule has 1 amide bonds. The summed E-state index contributed by atoms with van der Waals surface area (Å²) >= 11 is 0. The van der Waals surface area contributed by atoms with Crippen LogP contribution in [0, 0.1) is 0 Å². The van der Waals surface area contributed by atoms with Gasteiger partial charge in [0.15, 0.2) is 0 Å². The molecule has 0 saturated carbocycles. The van der Waals surface area contributed by atoms with Crippen molar-refractivity contribution in [3.8, 4) is 11.1 Å². The highest BCUT2D eigenvalue weighted by atomic mass is 16.2. The molecule has 0 atom stereocenters. The highest BCUT2D eigenvalue weighted by Crippen LogP contribution is 2.20. The predicted octanol–water partition coefficient (Wildman–Crippen LogP) is 1.18. The summed E-state index contributed by atoms with van der Waals surface area (Å²) in [6.07, 6.45) is 8.58. The Morgan fingerprint density at radius 2 is 2.08 bits per heavy atom. The number of nitrogens with one attached hydrogen (secondary N) is 2. The van der Waals surface area contributed by atoms with Crippen molar-refractivity contribution in [3.05, 3.63) is 59.3 Å². The Kier molecular flexibility index (Phi) is 5.48. The SMILES string of the molecule is CN(C)CC=CC(=O)N1CC(Nc2cc(-c3ccncc3)c[nH]c2=O)C1. The number of rotatable bonds is 6. The van der Waals surface area contributed by atoms with Gasteiger partial charge in [-0.2, -0.15) is 0 Å². The summed E-state index contributed by atoms with van der Waals surface area (Å²) in [5.41, 5.74) is 2.24. The number of hydrogen-bond acceptors (Lipinski definition) is 5. The number of aromatic amines is 1. The van der Waals surface area contributed by atoms with E-state index in [4.69, 9.17) is 0 Å². The lowest BCUT2D eigenvalue weighted by molar-refractivity contribution is -0.129. The second-order valence-electron chi connectivity index (χ2n) is 6.62. The molecule has 26 heavy (non-hydrogen) atoms. The number of likely N-dealkylation sites (tertiary alicyclic amines) is 1. The van der Waals surface area contributed by atoms with E-state index in [-0.39, 0.29) is 17.5 Å². The van der Waals surface area contributed by atoms with Crippen LogP contribution >= 0.6 is 0 Å². The Hall–Kier alpha value is -2.93. The van der Waals surface area contributed by atoms with Crippen LogP contribution in [0.15, 0.2) is 53.7 Å². The first kappa shape index (κ1) is 17.9. The summed E-state index contributed by atoms with van der Waals surface area (Å²) < 4.78 is 0. The highest BCUT2D eigenvalue weighted by molar-refractivity contribution is 5.88. The van der Waals surface area contributed by atoms with Crippen LogP contribution in [0.2, 0.25) is 0 Å². The summed E-state index contributed by atoms with van der Waals surface area (Å²) in [5.74, 6) is 0.00402. The summed E-state index contributed by atoms with van der Waals surface area (Å²) in [7, 11) is 3.91. The van der Waals surface area contributed by atoms with Crippen molar-refractivity contribution >= 4 is 11.6 Å². The molecule has 7 nitrogen and oxygen atoms in total. The van der Waals surface area contributed by atoms with Gasteiger partial charge in [0.25, 0.3) is 5.56 Å². The maximum absolute atomic E-state index is 12.1. The number of H-pyrrole nitrogens is 1. The number of carbonyl (C=O) groups excluding carboxylic acids is 1. The molecule has 1 saturated heterocycles. The van der Waals surface area contributed by atoms with Gasteiger partial charge < -0.3 is 20.1 Å². The predicted molar refractivity (Wildman–Crippen MR) is 102 cm³/mol. The van der Waals surface area contributed by atoms with Crippen molar-refractivity contribution in [1.82, 2.24) is 19.8 Å². The van der Waals surface area contributed by atoms with Crippen LogP contribution in [0.3, 0.4) is 0 Å². The molecule has 0 unspecified atom stereocenters. The number of aromatic nitrogens is 2. The maximum Gasteiger partial charge on any atom is 0.271 e. The standard InChI is InChI=1S/C19H23N5O2/c1-23(2)9-3-4-18(25)24-12-16(13-24)22-17-10-15(11-21-19(17)26)14-5-7-20-8-6-14/h3-8,10-11,16,22H,9,12-13H2,1-2H3,(H,21,26). The molecule has 1 fully saturated rings. The first-order valence-electron chi connectivity index (χ1n) is 8.53. The lowest BCUT2D eigenvalue weighted by Crippen LogP contribution is -2.57. The van der Waals surface area contributed by atoms with Crippen LogP contribution in [0.1, 0.15) is 0 Å². The van der Waals surface area contributed by atoms with Gasteiger partial charge in [0.2, 0.25) is 5.91 Å². The Balaban J connectivity index is 1.59. The zero-order valence-corrected chi connectivity index (χ0v) is 15.0. The molecule has 0 aliphatic carbocycles. The van der Waals surface area contributed by atoms with Crippen LogP contribution in [-0.4, -0.2) is 65.4 Å². The number of likely N-dealkylation sites (N-methyl/N-ethyl adjacent to an activating group) is 1. The molecule has 2 aromatic heterocycles. The molecule has 136 valence electrons. The number of hydrogen-bond donors (Lipinski definition) is 2. The molecular weight excluding hydrogens is 330 g/mol. The van der Waals surface area contributed by atoms with E-state index in [1.807, 2.05) is 43.3 Å². The van der Waals surface area contributed by atoms with E-state index in [0.29, 0.717) is 18.8 Å². The number of pyridine rings is 2. The summed E-state index contributed by atoms with van der Waals surface area (Å²) in [6, 6.07) is 5.69. The van der Waals surface area contributed by atoms with Crippen molar-refractivity contribution in [2.24, 2.45) is 0 Å². The molecule has 3 rings (SSSR count). The van der Waals surface area contributed by atoms with Crippen molar-refractivity contribution in [3.63, 3.8) is 0 Å². The molecule has 3 heterocycles. The Morgan fingerprint density at radius 1 is 1.35 bits per heavy atom. The number of nitrogens with zero attached hydrogens (tertiary/aromatic N) is 3. The molecule has 2 N–H and O–H groups in total. The maximum atomic E-state index is 12.1. The van der Waals surface area contributed by atoms with Gasteiger partial charge in [0, 0.05) is 49.9 Å². The third-order valence-corrected chi connectivity index (χ3v) is 4.20. The molecule has 0 bridgehead atoms. The van der Waals surface area contributed by atoms with E-state index in [1.165, 1.54) is 0 Å². The van der Waals surface area contributed by atoms with E-state index < -0.39 is 0 Å². The van der Waals surface area contributed by atoms with Gasteiger partial charge in [0.05, 0.1) is 6.04 Å². The molecule has 0 radical (unpaired) electrons. The summed E-state index contributed by atoms with van der Waals surface area (Å²) in [5, 5.41) is 3.23. The normalized spacial score (nSPS) is 14.7. The van der Waals surface area contributed by atoms with Gasteiger partial charge in [-0.25, -0.2) is 0 Å². The van der Waals surface area contributed by atoms with Crippen LogP contribution in [0.4, 0.5) is 5.69 Å². The number of carbonyl (C=O) groups is 1. The van der Waals surface area contributed by atoms with Crippen LogP contribution in [0.25, 0.3) is 11.1 Å². The lowest BCUT2D eigenvalue weighted by Gasteiger charge is -2.39. The Bertz CT molecular complexity index is 839. The van der Waals surface area contributed by atoms with Gasteiger partial charge in [-0.3, -0.25) is 14.6 Å². The molecule has 7 heteroatoms. The minimum atomic E-state index is -0.168. The highest BCUT2D eigenvalue weighted by Gasteiger charge is 2.29. The van der Waals surface area contributed by atoms with Gasteiger partial charge in [-0.1, -0.05) is 6.08 Å². The van der Waals surface area contributed by atoms with E-state index in [1.54, 1.807) is 29.6 Å². The monoisotopic (exact) mass is 353 g/mol. The smallest absolute Gasteiger partial charge is 0.271 e. The fourth-order valence-corrected chi connectivity index (χ4v) is 2.74. The molecular formula is C19H23N5O2. The van der Waals surface area contributed by atoms with Crippen molar-refractivity contribution < 1.29 is 4.79 Å². The fourth-order valence-electron chi connectivity index (χ4n) is 2.74. The van der Waals surface area contributed by atoms with E-state index in [9.17, 15) is 9.59 Å². The second-order valence-corrected chi connectivity index (χ2v) is 6.62. The van der Waals surface area contributed by atoms with Gasteiger partial charge in [-0.05, 0) is 37.9 Å². The minimum Gasteiger partial charge on any atom is -0.374 e. The number of amides is 1. The van der Waals surface area contributed by atoms with E-state index in [0.717, 1.165) is 17.7 Å². The third kappa shape index (κ3) is 4.37. The lowest BCUT2D eigenvalue weighted by atomic mass is 10.1. The van der Waals surface area contributed by atoms with Gasteiger partial charge in [-0.15, -0.1) is 0 Å². The fraction of sp³-hybridized carbons (Fsp3) is 0.316. The van der Waals surface area contributed by atoms with Crippen LogP contribution in [0.5, 0.6) is 0 Å². The Morgan fingerprint density at radius 3 is 2.77 bits per heavy atom. The van der Waals surface area contributed by atoms with Crippen molar-refractivity contribution in [2.45, 2.75) is 6.04 Å². The van der Waals surface area contributed by atoms with Gasteiger partial charge >= 0.3 is 0 Å². The van der Waals surface area contributed by atoms with E-state index >= 15 is 0 Å². The number of anilines is 1. The van der Waals surface area contributed by atoms with Crippen LogP contribution in [-0.2, 0) is 4.79 Å². The quantitative estimate of drug-likeness (QED) is 0.762. The molecule has 1 aliphatic rings. The zero-order chi connectivity index (χ0) is 18.5. The first-order valence-corrected chi connectivity index (χ1v) is 8.53. The average Bonchev–Trinajstić information content (AvgIpc) is 2.59. The molecule has 2 aromatic rings. The summed E-state index contributed by atoms with van der Waals surface area (Å²) in [4.78, 5) is 34.6. The minimum absolute atomic E-state index is 0.00402. The van der Waals surface area contributed by atoms with Crippen molar-refractivity contribution in [1.29, 1.82) is 0 Å². The third-order valence-electron chi connectivity index (χ3n) is 4.20. The van der Waals surface area contributed by atoms with E-state index in [2.05, 4.69) is 15.3 Å². The average molecular weight is 353 g/mol. The largest absolute Gasteiger partial charge is 0.374 e.